The van der Waals surface area contributed by atoms with E-state index in [-0.39, 0.29) is 0 Å². The van der Waals surface area contributed by atoms with Gasteiger partial charge in [-0.05, 0) is 177 Å². The van der Waals surface area contributed by atoms with E-state index in [0.717, 1.165) is 99.2 Å². The zero-order valence-electron chi connectivity index (χ0n) is 38.2. The van der Waals surface area contributed by atoms with E-state index in [0.29, 0.717) is 39.2 Å². The third-order valence-electron chi connectivity index (χ3n) is 13.5. The van der Waals surface area contributed by atoms with Crippen molar-refractivity contribution in [3.63, 3.8) is 0 Å². The highest BCUT2D eigenvalue weighted by Gasteiger charge is 2.24. The summed E-state index contributed by atoms with van der Waals surface area (Å²) in [5.41, 5.74) is 16.7. The fourth-order valence-electron chi connectivity index (χ4n) is 10.1. The summed E-state index contributed by atoms with van der Waals surface area (Å²) in [6.45, 7) is 0. The number of hydrogen-bond donors (Lipinski definition) is 0. The molecule has 0 N–H and O–H groups in total. The molecule has 0 bridgehead atoms. The van der Waals surface area contributed by atoms with Crippen LogP contribution in [-0.2, 0) is 0 Å². The first-order valence-electron chi connectivity index (χ1n) is 23.1. The number of pyridine rings is 1. The highest BCUT2D eigenvalue weighted by atomic mass is 15.0. The summed E-state index contributed by atoms with van der Waals surface area (Å²) in [6, 6.07) is 75.5. The van der Waals surface area contributed by atoms with Gasteiger partial charge in [-0.15, -0.1) is 0 Å². The summed E-state index contributed by atoms with van der Waals surface area (Å²) in [5.74, 6) is 0. The van der Waals surface area contributed by atoms with Crippen LogP contribution in [0.4, 0.5) is 0 Å². The number of nitriles is 5. The van der Waals surface area contributed by atoms with Crippen LogP contribution in [0.25, 0.3) is 111 Å². The third-order valence-corrected chi connectivity index (χ3v) is 13.5. The molecule has 0 aliphatic carbocycles. The van der Waals surface area contributed by atoms with Gasteiger partial charge < -0.3 is 9.13 Å². The van der Waals surface area contributed by atoms with Crippen LogP contribution in [0.15, 0.2) is 207 Å². The Labute approximate surface area is 413 Å². The monoisotopic (exact) mass is 914 g/mol. The van der Waals surface area contributed by atoms with Crippen molar-refractivity contribution in [1.82, 2.24) is 14.1 Å². The van der Waals surface area contributed by atoms with Crippen LogP contribution in [-0.4, -0.2) is 14.1 Å². The Bertz CT molecular complexity index is 3970. The van der Waals surface area contributed by atoms with E-state index < -0.39 is 0 Å². The third kappa shape index (κ3) is 7.17. The Hall–Kier alpha value is -10.8. The van der Waals surface area contributed by atoms with Crippen molar-refractivity contribution >= 4 is 43.6 Å². The second-order valence-electron chi connectivity index (χ2n) is 17.6. The molecular formula is C64H34N8. The van der Waals surface area contributed by atoms with Gasteiger partial charge in [0, 0.05) is 33.9 Å². The first-order valence-corrected chi connectivity index (χ1v) is 23.1. The molecule has 0 radical (unpaired) electrons. The predicted molar refractivity (Wildman–Crippen MR) is 284 cm³/mol. The fraction of sp³-hybridized carbons (Fsp3) is 0. The summed E-state index contributed by atoms with van der Waals surface area (Å²) in [7, 11) is 0. The minimum absolute atomic E-state index is 0.443. The first kappa shape index (κ1) is 42.5. The van der Waals surface area contributed by atoms with E-state index in [4.69, 9.17) is 0 Å². The lowest BCUT2D eigenvalue weighted by Gasteiger charge is -2.18. The Morgan fingerprint density at radius 3 is 0.875 bits per heavy atom. The maximum absolute atomic E-state index is 11.7. The molecule has 0 atom stereocenters. The molecule has 12 rings (SSSR count). The van der Waals surface area contributed by atoms with Gasteiger partial charge in [0.25, 0.3) is 0 Å². The highest BCUT2D eigenvalue weighted by Crippen LogP contribution is 2.43. The second kappa shape index (κ2) is 17.4. The lowest BCUT2D eigenvalue weighted by molar-refractivity contribution is 1.12. The van der Waals surface area contributed by atoms with Gasteiger partial charge in [0.1, 0.15) is 11.6 Å². The van der Waals surface area contributed by atoms with Gasteiger partial charge in [0.05, 0.1) is 80.0 Å². The van der Waals surface area contributed by atoms with Gasteiger partial charge in [0.2, 0.25) is 0 Å². The first-order chi connectivity index (χ1) is 35.4. The van der Waals surface area contributed by atoms with E-state index in [1.165, 1.54) is 0 Å². The molecule has 0 unspecified atom stereocenters. The number of rotatable bonds is 7. The second-order valence-corrected chi connectivity index (χ2v) is 17.6. The van der Waals surface area contributed by atoms with Gasteiger partial charge in [-0.3, -0.25) is 4.98 Å². The molecule has 0 saturated heterocycles. The molecule has 0 fully saturated rings. The van der Waals surface area contributed by atoms with Crippen LogP contribution in [0.3, 0.4) is 0 Å². The molecule has 3 aromatic heterocycles. The number of benzene rings is 9. The molecule has 9 aromatic carbocycles. The van der Waals surface area contributed by atoms with Gasteiger partial charge in [-0.25, -0.2) is 0 Å². The molecule has 3 heterocycles. The van der Waals surface area contributed by atoms with Crippen LogP contribution in [0, 0.1) is 56.7 Å². The van der Waals surface area contributed by atoms with Crippen molar-refractivity contribution in [2.45, 2.75) is 0 Å². The van der Waals surface area contributed by atoms with Gasteiger partial charge in [-0.1, -0.05) is 72.8 Å². The van der Waals surface area contributed by atoms with Gasteiger partial charge >= 0.3 is 0 Å². The van der Waals surface area contributed by atoms with Crippen molar-refractivity contribution in [1.29, 1.82) is 26.3 Å². The minimum atomic E-state index is 0.443. The van der Waals surface area contributed by atoms with E-state index in [1.807, 2.05) is 84.9 Å². The zero-order valence-corrected chi connectivity index (χ0v) is 38.2. The molecule has 72 heavy (non-hydrogen) atoms. The largest absolute Gasteiger partial charge is 0.308 e. The predicted octanol–water partition coefficient (Wildman–Crippen LogP) is 15.0. The maximum atomic E-state index is 11.7. The SMILES string of the molecule is N#Cc1cccc(-c2ccc3c(c2)c2cc(-c4cccc(C#N)c4)ccc2n3-c2cc(-c3ccncc3)cc(-n3c4ccc(-c5cccc(C#N)c5)cc4c4cc(-c5cccc(C#N)c5)ccc43)c2C#N)c1. The average Bonchev–Trinajstić information content (AvgIpc) is 3.96. The average molecular weight is 915 g/mol. The smallest absolute Gasteiger partial charge is 0.104 e. The summed E-state index contributed by atoms with van der Waals surface area (Å²) >= 11 is 0. The van der Waals surface area contributed by atoms with E-state index in [1.54, 1.807) is 36.7 Å². The Morgan fingerprint density at radius 2 is 0.583 bits per heavy atom. The van der Waals surface area contributed by atoms with Crippen molar-refractivity contribution in [3.8, 4) is 97.4 Å². The molecule has 0 saturated carbocycles. The van der Waals surface area contributed by atoms with Crippen LogP contribution in [0.1, 0.15) is 27.8 Å². The highest BCUT2D eigenvalue weighted by molar-refractivity contribution is 6.14. The summed E-state index contributed by atoms with van der Waals surface area (Å²) < 4.78 is 4.35. The van der Waals surface area contributed by atoms with Crippen LogP contribution in [0.5, 0.6) is 0 Å². The van der Waals surface area contributed by atoms with Crippen molar-refractivity contribution in [2.75, 3.05) is 0 Å². The van der Waals surface area contributed by atoms with Crippen LogP contribution in [0.2, 0.25) is 0 Å². The molecule has 8 heteroatoms. The molecule has 0 amide bonds. The Kier molecular flexibility index (Phi) is 10.3. The molecule has 8 nitrogen and oxygen atoms in total. The number of nitrogens with zero attached hydrogens (tertiary/aromatic N) is 8. The minimum Gasteiger partial charge on any atom is -0.308 e. The van der Waals surface area contributed by atoms with Crippen molar-refractivity contribution < 1.29 is 0 Å². The molecule has 330 valence electrons. The fourth-order valence-corrected chi connectivity index (χ4v) is 10.1. The topological polar surface area (TPSA) is 142 Å². The van der Waals surface area contributed by atoms with Gasteiger partial charge in [-0.2, -0.15) is 26.3 Å². The summed E-state index contributed by atoms with van der Waals surface area (Å²) in [4.78, 5) is 4.36. The number of fused-ring (bicyclic) bond motifs is 6. The standard InChI is InChI=1S/C64H34N8/c65-35-40-5-1-9-45(25-40)49-13-17-59-54(29-49)55-30-50(46-10-2-6-41(26-46)36-66)14-18-60(55)71(59)63-33-53(44-21-23-70-24-22-44)34-64(58(63)39-69)72-61-19-15-51(47-11-3-7-42(27-47)37-67)31-56(61)57-32-52(16-20-62(57)72)48-12-4-8-43(28-48)38-68/h1-34H. The molecule has 12 aromatic rings. The summed E-state index contributed by atoms with van der Waals surface area (Å²) in [5, 5.41) is 54.8. The van der Waals surface area contributed by atoms with Crippen molar-refractivity contribution in [2.24, 2.45) is 0 Å². The van der Waals surface area contributed by atoms with E-state index in [2.05, 4.69) is 129 Å². The lowest BCUT2D eigenvalue weighted by atomic mass is 9.99. The lowest BCUT2D eigenvalue weighted by Crippen LogP contribution is -2.05. The Balaban J connectivity index is 1.17. The van der Waals surface area contributed by atoms with Crippen LogP contribution < -0.4 is 0 Å². The molecule has 0 spiro atoms. The molecule has 0 aliphatic rings. The summed E-state index contributed by atoms with van der Waals surface area (Å²) in [6.07, 6.45) is 3.54. The van der Waals surface area contributed by atoms with E-state index in [9.17, 15) is 26.3 Å². The maximum Gasteiger partial charge on any atom is 0.104 e. The van der Waals surface area contributed by atoms with E-state index >= 15 is 0 Å². The van der Waals surface area contributed by atoms with Crippen molar-refractivity contribution in [3.05, 3.63) is 234 Å². The number of hydrogen-bond acceptors (Lipinski definition) is 6. The normalized spacial score (nSPS) is 11.0. The number of aromatic nitrogens is 3. The molecule has 0 aliphatic heterocycles. The van der Waals surface area contributed by atoms with Gasteiger partial charge in [0.15, 0.2) is 0 Å². The Morgan fingerprint density at radius 1 is 0.278 bits per heavy atom. The quantitative estimate of drug-likeness (QED) is 0.156. The zero-order chi connectivity index (χ0) is 48.9. The van der Waals surface area contributed by atoms with Crippen LogP contribution >= 0.6 is 0 Å². The molecular weight excluding hydrogens is 881 g/mol.